The molecule has 4 aromatic rings. The van der Waals surface area contributed by atoms with Gasteiger partial charge in [-0.25, -0.2) is 4.98 Å². The van der Waals surface area contributed by atoms with Gasteiger partial charge in [-0.3, -0.25) is 9.69 Å². The highest BCUT2D eigenvalue weighted by Gasteiger charge is 2.49. The summed E-state index contributed by atoms with van der Waals surface area (Å²) < 4.78 is 24.8. The summed E-state index contributed by atoms with van der Waals surface area (Å²) in [7, 11) is 4.68. The van der Waals surface area contributed by atoms with Crippen molar-refractivity contribution in [3.05, 3.63) is 82.6 Å². The van der Waals surface area contributed by atoms with Crippen molar-refractivity contribution in [3.63, 3.8) is 0 Å². The van der Waals surface area contributed by atoms with Crippen LogP contribution in [0, 0.1) is 0 Å². The molecule has 1 aromatic heterocycles. The normalized spacial score (nSPS) is 20.7. The zero-order valence-electron chi connectivity index (χ0n) is 29.2. The second-order valence-corrected chi connectivity index (χ2v) is 13.3. The van der Waals surface area contributed by atoms with E-state index in [4.69, 9.17) is 35.5 Å². The Hall–Kier alpha value is -3.83. The molecule has 3 atom stereocenters. The van der Waals surface area contributed by atoms with E-state index in [0.29, 0.717) is 54.1 Å². The fourth-order valence-electron chi connectivity index (χ4n) is 7.80. The van der Waals surface area contributed by atoms with Crippen LogP contribution in [0.25, 0.3) is 11.0 Å². The summed E-state index contributed by atoms with van der Waals surface area (Å²) >= 11 is 6.43. The lowest BCUT2D eigenvalue weighted by atomic mass is 9.73. The molecule has 0 radical (unpaired) electrons. The van der Waals surface area contributed by atoms with Gasteiger partial charge in [0, 0.05) is 61.4 Å². The first-order valence-electron chi connectivity index (χ1n) is 17.2. The van der Waals surface area contributed by atoms with Gasteiger partial charge in [0.15, 0.2) is 11.5 Å². The van der Waals surface area contributed by atoms with Crippen molar-refractivity contribution in [2.75, 3.05) is 67.3 Å². The van der Waals surface area contributed by atoms with Crippen molar-refractivity contribution >= 4 is 28.5 Å². The van der Waals surface area contributed by atoms with Gasteiger partial charge in [-0.15, -0.1) is 0 Å². The van der Waals surface area contributed by atoms with Gasteiger partial charge in [-0.2, -0.15) is 0 Å². The highest BCUT2D eigenvalue weighted by Crippen LogP contribution is 2.44. The Kier molecular flexibility index (Phi) is 11.0. The second-order valence-electron chi connectivity index (χ2n) is 12.8. The van der Waals surface area contributed by atoms with E-state index < -0.39 is 0 Å². The Morgan fingerprint density at radius 3 is 2.47 bits per heavy atom. The van der Waals surface area contributed by atoms with Crippen molar-refractivity contribution in [1.82, 2.24) is 24.7 Å². The topological polar surface area (TPSA) is 90.3 Å². The van der Waals surface area contributed by atoms with E-state index in [1.807, 2.05) is 30.0 Å². The summed E-state index contributed by atoms with van der Waals surface area (Å²) in [6.45, 7) is 10.1. The number of imidazole rings is 1. The maximum absolute atomic E-state index is 14.3. The van der Waals surface area contributed by atoms with Crippen LogP contribution in [0.5, 0.6) is 17.2 Å². The summed E-state index contributed by atoms with van der Waals surface area (Å²) in [5.74, 6) is 2.33. The molecule has 1 N–H and O–H groups in total. The lowest BCUT2D eigenvalue weighted by Crippen LogP contribution is -2.53. The third kappa shape index (κ3) is 6.84. The average Bonchev–Trinajstić information content (AvgIpc) is 3.65. The molecular weight excluding hydrogens is 642 g/mol. The van der Waals surface area contributed by atoms with Gasteiger partial charge < -0.3 is 33.7 Å². The zero-order chi connectivity index (χ0) is 34.5. The van der Waals surface area contributed by atoms with Gasteiger partial charge in [0.2, 0.25) is 5.75 Å². The van der Waals surface area contributed by atoms with Crippen molar-refractivity contribution < 1.29 is 23.7 Å². The van der Waals surface area contributed by atoms with Gasteiger partial charge in [0.1, 0.15) is 5.82 Å². The maximum atomic E-state index is 14.3. The number of nitrogens with zero attached hydrogens (tertiary/aromatic N) is 4. The smallest absolute Gasteiger partial charge is 0.254 e. The quantitative estimate of drug-likeness (QED) is 0.182. The Balaban J connectivity index is 1.39. The molecule has 1 amide bonds. The number of ether oxygens (including phenoxy) is 4. The van der Waals surface area contributed by atoms with Crippen LogP contribution in [0.2, 0.25) is 5.02 Å². The predicted molar refractivity (Wildman–Crippen MR) is 192 cm³/mol. The minimum atomic E-state index is -0.369. The molecule has 0 saturated carbocycles. The van der Waals surface area contributed by atoms with E-state index in [9.17, 15) is 4.79 Å². The van der Waals surface area contributed by atoms with Crippen LogP contribution in [-0.2, 0) is 16.7 Å². The molecular formula is C38H48ClN5O5. The van der Waals surface area contributed by atoms with Crippen LogP contribution in [0.4, 0.5) is 0 Å². The number of methoxy groups -OCH3 is 3. The number of halogens is 1. The summed E-state index contributed by atoms with van der Waals surface area (Å²) in [4.78, 5) is 24.1. The number of likely N-dealkylation sites (tertiary alicyclic amines) is 1. The Morgan fingerprint density at radius 1 is 1.04 bits per heavy atom. The minimum Gasteiger partial charge on any atom is -0.493 e. The molecule has 3 aromatic carbocycles. The lowest BCUT2D eigenvalue weighted by molar-refractivity contribution is 0.0698. The fourth-order valence-corrected chi connectivity index (χ4v) is 7.92. The molecule has 0 bridgehead atoms. The largest absolute Gasteiger partial charge is 0.493 e. The van der Waals surface area contributed by atoms with Crippen molar-refractivity contribution in [1.29, 1.82) is 0 Å². The fraction of sp³-hybridized carbons (Fsp3) is 0.474. The molecule has 2 aliphatic heterocycles. The summed E-state index contributed by atoms with van der Waals surface area (Å²) in [6, 6.07) is 20.1. The first-order chi connectivity index (χ1) is 23.8. The molecule has 2 aliphatic rings. The van der Waals surface area contributed by atoms with Gasteiger partial charge in [-0.05, 0) is 75.2 Å². The van der Waals surface area contributed by atoms with Gasteiger partial charge in [-0.1, -0.05) is 35.9 Å². The monoisotopic (exact) mass is 689 g/mol. The number of benzene rings is 3. The van der Waals surface area contributed by atoms with E-state index in [1.54, 1.807) is 33.5 Å². The summed E-state index contributed by atoms with van der Waals surface area (Å²) in [6.07, 6.45) is 1.80. The number of rotatable bonds is 12. The van der Waals surface area contributed by atoms with E-state index in [1.165, 1.54) is 5.56 Å². The number of amides is 1. The molecule has 49 heavy (non-hydrogen) atoms. The second kappa shape index (κ2) is 15.4. The first-order valence-corrected chi connectivity index (χ1v) is 17.6. The number of hydrogen-bond acceptors (Lipinski definition) is 8. The molecule has 3 heterocycles. The van der Waals surface area contributed by atoms with E-state index in [0.717, 1.165) is 55.9 Å². The number of carbonyl (C=O) groups excluding carboxylic acids is 1. The van der Waals surface area contributed by atoms with E-state index in [2.05, 4.69) is 52.0 Å². The van der Waals surface area contributed by atoms with Gasteiger partial charge in [0.05, 0.1) is 45.0 Å². The minimum absolute atomic E-state index is 0.00978. The molecule has 6 rings (SSSR count). The van der Waals surface area contributed by atoms with Crippen molar-refractivity contribution in [2.45, 2.75) is 50.7 Å². The molecule has 11 heteroatoms. The van der Waals surface area contributed by atoms with Crippen LogP contribution >= 0.6 is 11.6 Å². The molecule has 0 spiro atoms. The molecule has 0 aliphatic carbocycles. The number of fused-ring (bicyclic) bond motifs is 1. The average molecular weight is 690 g/mol. The number of aromatic nitrogens is 2. The van der Waals surface area contributed by atoms with Crippen LogP contribution in [-0.4, -0.2) is 98.6 Å². The molecule has 2 saturated heterocycles. The Labute approximate surface area is 294 Å². The van der Waals surface area contributed by atoms with Crippen LogP contribution in [0.15, 0.2) is 60.7 Å². The van der Waals surface area contributed by atoms with E-state index >= 15 is 0 Å². The van der Waals surface area contributed by atoms with Gasteiger partial charge >= 0.3 is 0 Å². The van der Waals surface area contributed by atoms with Gasteiger partial charge in [0.25, 0.3) is 5.91 Å². The first kappa shape index (κ1) is 35.0. The van der Waals surface area contributed by atoms with Crippen molar-refractivity contribution in [3.8, 4) is 17.2 Å². The Morgan fingerprint density at radius 2 is 1.78 bits per heavy atom. The number of hydrogen-bond donors (Lipinski definition) is 1. The van der Waals surface area contributed by atoms with Crippen molar-refractivity contribution in [2.24, 2.45) is 0 Å². The summed E-state index contributed by atoms with van der Waals surface area (Å²) in [5, 5.41) is 4.40. The lowest BCUT2D eigenvalue weighted by Gasteiger charge is -2.45. The predicted octanol–water partition coefficient (Wildman–Crippen LogP) is 5.96. The molecule has 2 fully saturated rings. The molecule has 10 nitrogen and oxygen atoms in total. The highest BCUT2D eigenvalue weighted by atomic mass is 35.5. The number of para-hydroxylation sites is 2. The number of carbonyl (C=O) groups is 1. The standard InChI is InChI=1S/C38H48ClN5O5/c1-6-49-21-20-44-31-11-8-7-10-30(31)41-36(44)32-24-40-17-9-18-43(32)26(2)38(28-12-14-29(39)15-13-28)16-19-42(25-38)37(45)27-22-33(46-3)35(48-5)34(23-27)47-4/h7-8,10-15,22-23,26,32,40H,6,9,16-21,24-25H2,1-5H3. The van der Waals surface area contributed by atoms with Crippen LogP contribution in [0.1, 0.15) is 54.5 Å². The molecule has 3 unspecified atom stereocenters. The van der Waals surface area contributed by atoms with Crippen LogP contribution < -0.4 is 19.5 Å². The summed E-state index contributed by atoms with van der Waals surface area (Å²) in [5.41, 5.74) is 3.40. The zero-order valence-corrected chi connectivity index (χ0v) is 30.0. The highest BCUT2D eigenvalue weighted by molar-refractivity contribution is 6.30. The third-order valence-corrected chi connectivity index (χ3v) is 10.6. The number of nitrogens with one attached hydrogen (secondary N) is 1. The van der Waals surface area contributed by atoms with E-state index in [-0.39, 0.29) is 23.4 Å². The maximum Gasteiger partial charge on any atom is 0.254 e. The Bertz CT molecular complexity index is 1720. The third-order valence-electron chi connectivity index (χ3n) is 10.4. The molecule has 262 valence electrons. The van der Waals surface area contributed by atoms with Crippen LogP contribution in [0.3, 0.4) is 0 Å². The SMILES string of the molecule is CCOCCn1c(C2CNCCCN2C(C)C2(c3ccc(Cl)cc3)CCN(C(=O)c3cc(OC)c(OC)c(OC)c3)C2)nc2ccccc21.